The molecule has 2 aliphatic carbocycles. The third-order valence-corrected chi connectivity index (χ3v) is 3.29. The molecule has 2 fully saturated rings. The number of aliphatic hydroxyl groups excluding tert-OH is 4. The summed E-state index contributed by atoms with van der Waals surface area (Å²) >= 11 is 0. The summed E-state index contributed by atoms with van der Waals surface area (Å²) in [6.07, 6.45) is 0.848. The summed E-state index contributed by atoms with van der Waals surface area (Å²) in [5.74, 6) is 0. The van der Waals surface area contributed by atoms with E-state index < -0.39 is 23.4 Å². The van der Waals surface area contributed by atoms with Crippen LogP contribution in [0.25, 0.3) is 0 Å². The van der Waals surface area contributed by atoms with E-state index in [1.54, 1.807) is 0 Å². The van der Waals surface area contributed by atoms with Gasteiger partial charge in [0.05, 0.1) is 6.10 Å². The Morgan fingerprint density at radius 1 is 0.824 bits per heavy atom. The van der Waals surface area contributed by atoms with Crippen molar-refractivity contribution in [2.75, 3.05) is 7.11 Å². The van der Waals surface area contributed by atoms with Crippen molar-refractivity contribution in [3.63, 3.8) is 0 Å². The third kappa shape index (κ3) is 3.37. The molecule has 17 heavy (non-hydrogen) atoms. The Hall–Kier alpha value is -0.240. The fourth-order valence-corrected chi connectivity index (χ4v) is 1.77. The van der Waals surface area contributed by atoms with Crippen LogP contribution in [-0.2, 0) is 0 Å². The lowest BCUT2D eigenvalue weighted by Gasteiger charge is -2.55. The zero-order valence-corrected chi connectivity index (χ0v) is 10.5. The van der Waals surface area contributed by atoms with Gasteiger partial charge in [-0.15, -0.1) is 0 Å². The van der Waals surface area contributed by atoms with E-state index in [1.165, 1.54) is 20.3 Å². The maximum absolute atomic E-state index is 9.13. The normalized spacial score (nSPS) is 44.3. The van der Waals surface area contributed by atoms with Gasteiger partial charge in [0.15, 0.2) is 0 Å². The average molecular weight is 252 g/mol. The molecule has 0 bridgehead atoms. The lowest BCUT2D eigenvalue weighted by atomic mass is 9.63. The van der Waals surface area contributed by atoms with Gasteiger partial charge < -0.3 is 30.6 Å². The van der Waals surface area contributed by atoms with Crippen LogP contribution in [0.4, 0.5) is 0 Å². The molecular formula is C11H24O6. The second-order valence-corrected chi connectivity index (χ2v) is 4.84. The van der Waals surface area contributed by atoms with Gasteiger partial charge in [0, 0.05) is 7.11 Å². The standard InChI is InChI=1S/C6H12O4.C4H8O.CH4O/c1-5(9)3(7)6(2,10)4(5)8;5-4-2-1-3-4;1-2/h3-4,7-10H,1-2H3;4-5H,1-3H2;2H,1H3. The average Bonchev–Trinajstić information content (AvgIpc) is 2.27. The first-order chi connectivity index (χ1) is 7.70. The molecule has 0 heterocycles. The molecule has 0 aromatic carbocycles. The quantitative estimate of drug-likeness (QED) is 0.308. The first-order valence-electron chi connectivity index (χ1n) is 5.64. The van der Waals surface area contributed by atoms with Crippen LogP contribution >= 0.6 is 0 Å². The minimum atomic E-state index is -1.57. The topological polar surface area (TPSA) is 121 Å². The first kappa shape index (κ1) is 16.8. The van der Waals surface area contributed by atoms with Crippen molar-refractivity contribution >= 4 is 0 Å². The molecule has 0 amide bonds. The molecule has 0 aromatic rings. The van der Waals surface area contributed by atoms with Gasteiger partial charge >= 0.3 is 0 Å². The summed E-state index contributed by atoms with van der Waals surface area (Å²) in [4.78, 5) is 0. The summed E-state index contributed by atoms with van der Waals surface area (Å²) in [5, 5.41) is 51.7. The number of rotatable bonds is 0. The van der Waals surface area contributed by atoms with Crippen LogP contribution in [-0.4, -0.2) is 67.3 Å². The first-order valence-corrected chi connectivity index (χ1v) is 5.64. The maximum Gasteiger partial charge on any atom is 0.119 e. The largest absolute Gasteiger partial charge is 0.400 e. The van der Waals surface area contributed by atoms with Crippen LogP contribution in [0.1, 0.15) is 33.1 Å². The van der Waals surface area contributed by atoms with Crippen molar-refractivity contribution in [2.45, 2.75) is 62.6 Å². The van der Waals surface area contributed by atoms with E-state index >= 15 is 0 Å². The number of hydrogen-bond acceptors (Lipinski definition) is 6. The van der Waals surface area contributed by atoms with Crippen molar-refractivity contribution in [3.05, 3.63) is 0 Å². The highest BCUT2D eigenvalue weighted by Crippen LogP contribution is 2.41. The van der Waals surface area contributed by atoms with Crippen LogP contribution in [0, 0.1) is 0 Å². The summed E-state index contributed by atoms with van der Waals surface area (Å²) < 4.78 is 0. The number of hydrogen-bond donors (Lipinski definition) is 6. The van der Waals surface area contributed by atoms with Crippen molar-refractivity contribution < 1.29 is 30.6 Å². The Bertz CT molecular complexity index is 194. The van der Waals surface area contributed by atoms with Crippen molar-refractivity contribution in [1.29, 1.82) is 0 Å². The Morgan fingerprint density at radius 3 is 1.12 bits per heavy atom. The monoisotopic (exact) mass is 252 g/mol. The Kier molecular flexibility index (Phi) is 6.00. The van der Waals surface area contributed by atoms with Crippen molar-refractivity contribution in [2.24, 2.45) is 0 Å². The minimum absolute atomic E-state index is 0.0648. The third-order valence-electron chi connectivity index (χ3n) is 3.29. The van der Waals surface area contributed by atoms with Gasteiger partial charge in [0.1, 0.15) is 23.4 Å². The molecule has 0 aliphatic heterocycles. The highest BCUT2D eigenvalue weighted by atomic mass is 16.4. The van der Waals surface area contributed by atoms with E-state index in [4.69, 9.17) is 30.6 Å². The van der Waals surface area contributed by atoms with E-state index in [1.807, 2.05) is 0 Å². The molecule has 6 heteroatoms. The predicted molar refractivity (Wildman–Crippen MR) is 61.3 cm³/mol. The second-order valence-electron chi connectivity index (χ2n) is 4.84. The smallest absolute Gasteiger partial charge is 0.119 e. The fourth-order valence-electron chi connectivity index (χ4n) is 1.77. The molecule has 2 rings (SSSR count). The zero-order chi connectivity index (χ0) is 13.9. The molecule has 0 aromatic heterocycles. The molecule has 0 spiro atoms. The van der Waals surface area contributed by atoms with Gasteiger partial charge in [-0.05, 0) is 33.1 Å². The Balaban J connectivity index is 0.000000306. The molecular weight excluding hydrogens is 228 g/mol. The fraction of sp³-hybridized carbons (Fsp3) is 1.00. The van der Waals surface area contributed by atoms with Crippen LogP contribution in [0.15, 0.2) is 0 Å². The van der Waals surface area contributed by atoms with Crippen molar-refractivity contribution in [3.8, 4) is 0 Å². The van der Waals surface area contributed by atoms with E-state index in [2.05, 4.69) is 0 Å². The molecule has 0 saturated heterocycles. The lowest BCUT2D eigenvalue weighted by Crippen LogP contribution is -2.78. The van der Waals surface area contributed by atoms with Crippen LogP contribution in [0.2, 0.25) is 0 Å². The van der Waals surface area contributed by atoms with E-state index in [9.17, 15) is 0 Å². The summed E-state index contributed by atoms with van der Waals surface area (Å²) in [7, 11) is 1.00. The van der Waals surface area contributed by atoms with Gasteiger partial charge in [0.25, 0.3) is 0 Å². The Morgan fingerprint density at radius 2 is 1.06 bits per heavy atom. The van der Waals surface area contributed by atoms with Gasteiger partial charge in [-0.1, -0.05) is 0 Å². The molecule has 0 atom stereocenters. The maximum atomic E-state index is 9.13. The van der Waals surface area contributed by atoms with E-state index in [0.29, 0.717) is 0 Å². The summed E-state index contributed by atoms with van der Waals surface area (Å²) in [5.41, 5.74) is -3.13. The molecule has 6 N–H and O–H groups in total. The van der Waals surface area contributed by atoms with Gasteiger partial charge in [-0.3, -0.25) is 0 Å². The van der Waals surface area contributed by atoms with Gasteiger partial charge in [0.2, 0.25) is 0 Å². The highest BCUT2D eigenvalue weighted by molar-refractivity contribution is 5.16. The SMILES string of the molecule is CC1(O)C(O)C(C)(O)C1O.CO.OC1CCC1. The lowest BCUT2D eigenvalue weighted by molar-refractivity contribution is -0.323. The van der Waals surface area contributed by atoms with Crippen LogP contribution in [0.3, 0.4) is 0 Å². The minimum Gasteiger partial charge on any atom is -0.400 e. The Labute approximate surface area is 101 Å². The van der Waals surface area contributed by atoms with Crippen LogP contribution in [0.5, 0.6) is 0 Å². The molecule has 2 saturated carbocycles. The van der Waals surface area contributed by atoms with Gasteiger partial charge in [-0.2, -0.15) is 0 Å². The highest BCUT2D eigenvalue weighted by Gasteiger charge is 2.65. The molecule has 0 unspecified atom stereocenters. The van der Waals surface area contributed by atoms with Gasteiger partial charge in [-0.25, -0.2) is 0 Å². The van der Waals surface area contributed by atoms with E-state index in [0.717, 1.165) is 20.0 Å². The van der Waals surface area contributed by atoms with Crippen LogP contribution < -0.4 is 0 Å². The molecule has 0 radical (unpaired) electrons. The summed E-state index contributed by atoms with van der Waals surface area (Å²) in [6, 6.07) is 0. The predicted octanol–water partition coefficient (Wildman–Crippen LogP) is -1.64. The molecule has 2 aliphatic rings. The zero-order valence-electron chi connectivity index (χ0n) is 10.5. The number of aliphatic hydroxyl groups is 6. The summed E-state index contributed by atoms with van der Waals surface area (Å²) in [6.45, 7) is 2.56. The second kappa shape index (κ2) is 6.08. The molecule has 104 valence electrons. The van der Waals surface area contributed by atoms with E-state index in [-0.39, 0.29) is 6.10 Å². The molecule has 6 nitrogen and oxygen atoms in total. The van der Waals surface area contributed by atoms with Crippen molar-refractivity contribution in [1.82, 2.24) is 0 Å².